The van der Waals surface area contributed by atoms with E-state index in [0.717, 1.165) is 5.56 Å². The highest BCUT2D eigenvalue weighted by Crippen LogP contribution is 2.25. The maximum Gasteiger partial charge on any atom is 0.349 e. The maximum atomic E-state index is 11.1. The van der Waals surface area contributed by atoms with Crippen molar-refractivity contribution in [2.24, 2.45) is 0 Å². The van der Waals surface area contributed by atoms with E-state index in [0.29, 0.717) is 10.6 Å². The first-order chi connectivity index (χ1) is 7.58. The zero-order valence-electron chi connectivity index (χ0n) is 8.86. The van der Waals surface area contributed by atoms with Crippen molar-refractivity contribution in [3.63, 3.8) is 0 Å². The molecule has 86 valence electrons. The Morgan fingerprint density at radius 3 is 2.69 bits per heavy atom. The Bertz CT molecular complexity index is 429. The standard InChI is InChI=1S/C11H11ClO3S/c1-14-9-6-7(3-4-10(9)16)5-8(12)11(13)15-2/h3-6,16H,1-2H3/b8-5+. The molecular weight excluding hydrogens is 248 g/mol. The smallest absolute Gasteiger partial charge is 0.349 e. The first kappa shape index (κ1) is 12.9. The highest BCUT2D eigenvalue weighted by atomic mass is 35.5. The Morgan fingerprint density at radius 2 is 2.12 bits per heavy atom. The lowest BCUT2D eigenvalue weighted by atomic mass is 10.2. The number of hydrogen-bond acceptors (Lipinski definition) is 4. The van der Waals surface area contributed by atoms with E-state index in [4.69, 9.17) is 16.3 Å². The molecule has 0 radical (unpaired) electrons. The van der Waals surface area contributed by atoms with E-state index < -0.39 is 5.97 Å². The van der Waals surface area contributed by atoms with Gasteiger partial charge in [-0.1, -0.05) is 17.7 Å². The van der Waals surface area contributed by atoms with Gasteiger partial charge in [0.1, 0.15) is 10.8 Å². The molecule has 3 nitrogen and oxygen atoms in total. The molecule has 0 aliphatic carbocycles. The molecule has 0 bridgehead atoms. The largest absolute Gasteiger partial charge is 0.496 e. The summed E-state index contributed by atoms with van der Waals surface area (Å²) in [6.07, 6.45) is 1.50. The van der Waals surface area contributed by atoms with Crippen molar-refractivity contribution in [3.8, 4) is 5.75 Å². The van der Waals surface area contributed by atoms with Crippen LogP contribution >= 0.6 is 24.2 Å². The number of esters is 1. The molecule has 0 spiro atoms. The van der Waals surface area contributed by atoms with Gasteiger partial charge in [-0.15, -0.1) is 12.6 Å². The van der Waals surface area contributed by atoms with Crippen LogP contribution in [0.25, 0.3) is 6.08 Å². The van der Waals surface area contributed by atoms with Gasteiger partial charge >= 0.3 is 5.97 Å². The summed E-state index contributed by atoms with van der Waals surface area (Å²) >= 11 is 9.93. The lowest BCUT2D eigenvalue weighted by molar-refractivity contribution is -0.135. The van der Waals surface area contributed by atoms with Crippen LogP contribution in [0.3, 0.4) is 0 Å². The molecular formula is C11H11ClO3S. The molecule has 1 rings (SSSR count). The second-order valence-corrected chi connectivity index (χ2v) is 3.80. The monoisotopic (exact) mass is 258 g/mol. The normalized spacial score (nSPS) is 11.1. The van der Waals surface area contributed by atoms with Crippen molar-refractivity contribution in [1.82, 2.24) is 0 Å². The molecule has 0 aliphatic heterocycles. The molecule has 5 heteroatoms. The molecule has 0 amide bonds. The number of methoxy groups -OCH3 is 2. The molecule has 0 aliphatic rings. The van der Waals surface area contributed by atoms with E-state index in [1.54, 1.807) is 25.3 Å². The van der Waals surface area contributed by atoms with Crippen LogP contribution in [0.4, 0.5) is 0 Å². The Hall–Kier alpha value is -1.13. The van der Waals surface area contributed by atoms with E-state index in [9.17, 15) is 4.79 Å². The zero-order valence-corrected chi connectivity index (χ0v) is 10.5. The number of benzene rings is 1. The van der Waals surface area contributed by atoms with E-state index >= 15 is 0 Å². The van der Waals surface area contributed by atoms with Crippen LogP contribution in [0.5, 0.6) is 5.75 Å². The minimum atomic E-state index is -0.574. The molecule has 0 N–H and O–H groups in total. The van der Waals surface area contributed by atoms with Crippen LogP contribution in [-0.4, -0.2) is 20.2 Å². The van der Waals surface area contributed by atoms with E-state index in [1.807, 2.05) is 0 Å². The summed E-state index contributed by atoms with van der Waals surface area (Å²) < 4.78 is 9.57. The number of carbonyl (C=O) groups is 1. The van der Waals surface area contributed by atoms with Crippen molar-refractivity contribution >= 4 is 36.3 Å². The van der Waals surface area contributed by atoms with Crippen LogP contribution in [-0.2, 0) is 9.53 Å². The molecule has 0 heterocycles. The predicted molar refractivity (Wildman–Crippen MR) is 66.1 cm³/mol. The third kappa shape index (κ3) is 3.18. The highest BCUT2D eigenvalue weighted by molar-refractivity contribution is 7.80. The molecule has 0 atom stereocenters. The molecule has 1 aromatic carbocycles. The fourth-order valence-corrected chi connectivity index (χ4v) is 1.52. The quantitative estimate of drug-likeness (QED) is 0.514. The van der Waals surface area contributed by atoms with Gasteiger partial charge in [0.05, 0.1) is 14.2 Å². The number of carbonyl (C=O) groups excluding carboxylic acids is 1. The Balaban J connectivity index is 3.02. The average molecular weight is 259 g/mol. The second-order valence-electron chi connectivity index (χ2n) is 2.92. The van der Waals surface area contributed by atoms with Crippen molar-refractivity contribution in [1.29, 1.82) is 0 Å². The number of rotatable bonds is 3. The Morgan fingerprint density at radius 1 is 1.44 bits per heavy atom. The van der Waals surface area contributed by atoms with Crippen molar-refractivity contribution < 1.29 is 14.3 Å². The molecule has 16 heavy (non-hydrogen) atoms. The van der Waals surface area contributed by atoms with Crippen molar-refractivity contribution in [3.05, 3.63) is 28.8 Å². The summed E-state index contributed by atoms with van der Waals surface area (Å²) in [6.45, 7) is 0. The number of ether oxygens (including phenoxy) is 2. The fraction of sp³-hybridized carbons (Fsp3) is 0.182. The molecule has 0 saturated heterocycles. The summed E-state index contributed by atoms with van der Waals surface area (Å²) in [6, 6.07) is 5.26. The lowest BCUT2D eigenvalue weighted by Gasteiger charge is -2.04. The van der Waals surface area contributed by atoms with Gasteiger partial charge in [-0.25, -0.2) is 4.79 Å². The molecule has 0 unspecified atom stereocenters. The summed E-state index contributed by atoms with van der Waals surface area (Å²) in [5.41, 5.74) is 0.741. The first-order valence-corrected chi connectivity index (χ1v) is 5.23. The van der Waals surface area contributed by atoms with Crippen molar-refractivity contribution in [2.45, 2.75) is 4.90 Å². The van der Waals surface area contributed by atoms with E-state index in [2.05, 4.69) is 17.4 Å². The summed E-state index contributed by atoms with van der Waals surface area (Å²) in [4.78, 5) is 11.8. The number of halogens is 1. The minimum absolute atomic E-state index is 0.0106. The predicted octanol–water partition coefficient (Wildman–Crippen LogP) is 2.74. The molecule has 1 aromatic rings. The SMILES string of the molecule is COC(=O)/C(Cl)=C\c1ccc(S)c(OC)c1. The minimum Gasteiger partial charge on any atom is -0.496 e. The third-order valence-corrected chi connectivity index (χ3v) is 2.51. The first-order valence-electron chi connectivity index (χ1n) is 4.41. The lowest BCUT2D eigenvalue weighted by Crippen LogP contribution is -1.99. The van der Waals surface area contributed by atoms with E-state index in [-0.39, 0.29) is 5.03 Å². The van der Waals surface area contributed by atoms with Gasteiger partial charge in [0.15, 0.2) is 0 Å². The van der Waals surface area contributed by atoms with Crippen LogP contribution in [0.15, 0.2) is 28.1 Å². The van der Waals surface area contributed by atoms with Gasteiger partial charge in [-0.2, -0.15) is 0 Å². The summed E-state index contributed by atoms with van der Waals surface area (Å²) in [7, 11) is 2.82. The summed E-state index contributed by atoms with van der Waals surface area (Å²) in [5.74, 6) is 0.0435. The number of hydrogen-bond donors (Lipinski definition) is 1. The highest BCUT2D eigenvalue weighted by Gasteiger charge is 2.06. The average Bonchev–Trinajstić information content (AvgIpc) is 2.30. The topological polar surface area (TPSA) is 35.5 Å². The van der Waals surface area contributed by atoms with Crippen LogP contribution in [0, 0.1) is 0 Å². The van der Waals surface area contributed by atoms with Crippen LogP contribution in [0.1, 0.15) is 5.56 Å². The van der Waals surface area contributed by atoms with Gasteiger partial charge in [0, 0.05) is 4.90 Å². The third-order valence-electron chi connectivity index (χ3n) is 1.88. The van der Waals surface area contributed by atoms with Gasteiger partial charge in [0.2, 0.25) is 0 Å². The van der Waals surface area contributed by atoms with Gasteiger partial charge in [-0.05, 0) is 23.8 Å². The Kier molecular flexibility index (Phi) is 4.71. The van der Waals surface area contributed by atoms with Crippen LogP contribution < -0.4 is 4.74 Å². The van der Waals surface area contributed by atoms with Gasteiger partial charge < -0.3 is 9.47 Å². The van der Waals surface area contributed by atoms with Gasteiger partial charge in [-0.3, -0.25) is 0 Å². The molecule has 0 saturated carbocycles. The molecule has 0 aromatic heterocycles. The number of thiol groups is 1. The molecule has 0 fully saturated rings. The second kappa shape index (κ2) is 5.82. The van der Waals surface area contributed by atoms with Gasteiger partial charge in [0.25, 0.3) is 0 Å². The zero-order chi connectivity index (χ0) is 12.1. The fourth-order valence-electron chi connectivity index (χ4n) is 1.09. The summed E-state index contributed by atoms with van der Waals surface area (Å²) in [5, 5.41) is 0.0106. The Labute approximate surface area is 104 Å². The van der Waals surface area contributed by atoms with Crippen molar-refractivity contribution in [2.75, 3.05) is 14.2 Å². The maximum absolute atomic E-state index is 11.1. The van der Waals surface area contributed by atoms with E-state index in [1.165, 1.54) is 13.2 Å². The van der Waals surface area contributed by atoms with Crippen LogP contribution in [0.2, 0.25) is 0 Å².